The molecule has 3 heteroatoms. The Morgan fingerprint density at radius 3 is 2.24 bits per heavy atom. The average molecular weight is 332 g/mol. The number of carbonyl (C=O) groups excluding carboxylic acids is 1. The molecular weight excluding hydrogens is 312 g/mol. The minimum Gasteiger partial charge on any atom is -0.493 e. The number of rotatable bonds is 6. The van der Waals surface area contributed by atoms with Crippen molar-refractivity contribution in [3.63, 3.8) is 0 Å². The Hall–Kier alpha value is -3.07. The van der Waals surface area contributed by atoms with Gasteiger partial charge in [0.15, 0.2) is 0 Å². The molecule has 3 aromatic rings. The molecule has 0 aliphatic heterocycles. The lowest BCUT2D eigenvalue weighted by atomic mass is 10.1. The average Bonchev–Trinajstić information content (AvgIpc) is 2.62. The van der Waals surface area contributed by atoms with Gasteiger partial charge >= 0.3 is 5.97 Å². The first-order valence-electron chi connectivity index (χ1n) is 8.20. The molecule has 0 aliphatic rings. The van der Waals surface area contributed by atoms with Crippen LogP contribution in [0.15, 0.2) is 78.9 Å². The monoisotopic (exact) mass is 332 g/mol. The van der Waals surface area contributed by atoms with Crippen LogP contribution in [0.3, 0.4) is 0 Å². The van der Waals surface area contributed by atoms with E-state index >= 15 is 0 Å². The highest BCUT2D eigenvalue weighted by Gasteiger charge is 2.06. The van der Waals surface area contributed by atoms with E-state index < -0.39 is 5.97 Å². The molecule has 3 rings (SSSR count). The van der Waals surface area contributed by atoms with Crippen LogP contribution < -0.4 is 9.47 Å². The fraction of sp³-hybridized carbons (Fsp3) is 0.136. The maximum absolute atomic E-state index is 11.6. The molecule has 3 aromatic carbocycles. The summed E-state index contributed by atoms with van der Waals surface area (Å²) in [7, 11) is 0. The normalized spacial score (nSPS) is 10.4. The van der Waals surface area contributed by atoms with Crippen LogP contribution in [-0.4, -0.2) is 12.6 Å². The van der Waals surface area contributed by atoms with Crippen LogP contribution >= 0.6 is 0 Å². The molecule has 0 saturated carbocycles. The lowest BCUT2D eigenvalue weighted by molar-refractivity contribution is -0.130. The van der Waals surface area contributed by atoms with Gasteiger partial charge in [-0.25, -0.2) is 4.79 Å². The van der Waals surface area contributed by atoms with Crippen LogP contribution in [0, 0.1) is 0 Å². The summed E-state index contributed by atoms with van der Waals surface area (Å²) < 4.78 is 11.1. The van der Waals surface area contributed by atoms with Crippen molar-refractivity contribution in [2.45, 2.75) is 13.3 Å². The Labute approximate surface area is 147 Å². The minimum absolute atomic E-state index is 0.377. The van der Waals surface area contributed by atoms with Crippen molar-refractivity contribution in [2.24, 2.45) is 0 Å². The number of benzene rings is 3. The number of esters is 1. The van der Waals surface area contributed by atoms with E-state index in [-0.39, 0.29) is 0 Å². The lowest BCUT2D eigenvalue weighted by Gasteiger charge is -2.09. The third-order valence-corrected chi connectivity index (χ3v) is 3.84. The van der Waals surface area contributed by atoms with Crippen LogP contribution in [0.2, 0.25) is 0 Å². The Balaban J connectivity index is 1.66. The molecule has 25 heavy (non-hydrogen) atoms. The molecule has 0 atom stereocenters. The summed E-state index contributed by atoms with van der Waals surface area (Å²) in [5.74, 6) is 0.925. The maximum atomic E-state index is 11.6. The Kier molecular flexibility index (Phi) is 5.14. The van der Waals surface area contributed by atoms with Crippen LogP contribution in [0.1, 0.15) is 12.5 Å². The largest absolute Gasteiger partial charge is 0.493 e. The molecular formula is C22H20O3. The first-order valence-corrected chi connectivity index (χ1v) is 8.20. The second kappa shape index (κ2) is 7.67. The highest BCUT2D eigenvalue weighted by molar-refractivity contribution is 5.90. The van der Waals surface area contributed by atoms with Crippen molar-refractivity contribution >= 4 is 16.7 Å². The zero-order valence-corrected chi connectivity index (χ0v) is 14.2. The van der Waals surface area contributed by atoms with Crippen LogP contribution in [0.4, 0.5) is 0 Å². The van der Waals surface area contributed by atoms with Crippen LogP contribution in [0.25, 0.3) is 10.8 Å². The van der Waals surface area contributed by atoms with Gasteiger partial charge in [0.05, 0.1) is 6.61 Å². The molecule has 126 valence electrons. The molecule has 0 spiro atoms. The summed E-state index contributed by atoms with van der Waals surface area (Å²) in [5, 5.41) is 2.02. The topological polar surface area (TPSA) is 35.5 Å². The second-order valence-corrected chi connectivity index (χ2v) is 5.92. The van der Waals surface area contributed by atoms with E-state index in [0.29, 0.717) is 17.9 Å². The fourth-order valence-corrected chi connectivity index (χ4v) is 2.48. The van der Waals surface area contributed by atoms with E-state index in [9.17, 15) is 4.79 Å². The summed E-state index contributed by atoms with van der Waals surface area (Å²) in [6, 6.07) is 21.7. The Morgan fingerprint density at radius 2 is 1.56 bits per heavy atom. The number of ether oxygens (including phenoxy) is 2. The van der Waals surface area contributed by atoms with Crippen molar-refractivity contribution in [2.75, 3.05) is 6.61 Å². The van der Waals surface area contributed by atoms with Gasteiger partial charge in [-0.3, -0.25) is 0 Å². The van der Waals surface area contributed by atoms with Crippen molar-refractivity contribution in [3.8, 4) is 11.5 Å². The fourth-order valence-electron chi connectivity index (χ4n) is 2.48. The molecule has 0 aliphatic carbocycles. The van der Waals surface area contributed by atoms with Crippen molar-refractivity contribution in [3.05, 3.63) is 84.4 Å². The van der Waals surface area contributed by atoms with Gasteiger partial charge in [-0.15, -0.1) is 0 Å². The van der Waals surface area contributed by atoms with Crippen molar-refractivity contribution in [1.82, 2.24) is 0 Å². The second-order valence-electron chi connectivity index (χ2n) is 5.92. The van der Waals surface area contributed by atoms with Crippen molar-refractivity contribution < 1.29 is 14.3 Å². The zero-order chi connectivity index (χ0) is 17.6. The summed E-state index contributed by atoms with van der Waals surface area (Å²) >= 11 is 0. The van der Waals surface area contributed by atoms with E-state index in [0.717, 1.165) is 22.9 Å². The third-order valence-electron chi connectivity index (χ3n) is 3.84. The summed E-state index contributed by atoms with van der Waals surface area (Å²) in [5.41, 5.74) is 1.63. The van der Waals surface area contributed by atoms with Gasteiger partial charge in [0, 0.05) is 12.0 Å². The van der Waals surface area contributed by atoms with Gasteiger partial charge in [0.1, 0.15) is 11.5 Å². The smallest absolute Gasteiger partial charge is 0.338 e. The van der Waals surface area contributed by atoms with Gasteiger partial charge in [-0.05, 0) is 47.5 Å². The maximum Gasteiger partial charge on any atom is 0.338 e. The van der Waals surface area contributed by atoms with Gasteiger partial charge in [-0.1, -0.05) is 49.0 Å². The van der Waals surface area contributed by atoms with E-state index in [4.69, 9.17) is 9.47 Å². The van der Waals surface area contributed by atoms with Crippen LogP contribution in [0.5, 0.6) is 11.5 Å². The van der Waals surface area contributed by atoms with Gasteiger partial charge in [0.2, 0.25) is 0 Å². The van der Waals surface area contributed by atoms with Crippen LogP contribution in [-0.2, 0) is 11.2 Å². The first kappa shape index (κ1) is 16.8. The van der Waals surface area contributed by atoms with E-state index in [2.05, 4.69) is 18.7 Å². The molecule has 0 aromatic heterocycles. The highest BCUT2D eigenvalue weighted by Crippen LogP contribution is 2.25. The first-order chi connectivity index (χ1) is 12.1. The quantitative estimate of drug-likeness (QED) is 0.364. The Bertz CT molecular complexity index is 898. The molecule has 0 radical (unpaired) electrons. The van der Waals surface area contributed by atoms with Crippen molar-refractivity contribution in [1.29, 1.82) is 0 Å². The van der Waals surface area contributed by atoms with E-state index in [1.165, 1.54) is 5.56 Å². The zero-order valence-electron chi connectivity index (χ0n) is 14.2. The molecule has 0 heterocycles. The third kappa shape index (κ3) is 4.48. The number of hydrogen-bond acceptors (Lipinski definition) is 3. The summed E-state index contributed by atoms with van der Waals surface area (Å²) in [4.78, 5) is 11.6. The predicted octanol–water partition coefficient (Wildman–Crippen LogP) is 4.94. The molecule has 3 nitrogen and oxygen atoms in total. The number of hydrogen-bond donors (Lipinski definition) is 0. The predicted molar refractivity (Wildman–Crippen MR) is 100 cm³/mol. The molecule has 0 unspecified atom stereocenters. The standard InChI is InChI=1S/C22H20O3/c1-16(2)22(23)25-21-11-9-18-14-20(10-8-19(18)15-21)24-13-12-17-6-4-3-5-7-17/h3-11,14-15H,1,12-13H2,2H3. The number of fused-ring (bicyclic) bond motifs is 1. The Morgan fingerprint density at radius 1 is 0.920 bits per heavy atom. The molecule has 0 saturated heterocycles. The highest BCUT2D eigenvalue weighted by atomic mass is 16.5. The summed E-state index contributed by atoms with van der Waals surface area (Å²) in [6.45, 7) is 5.84. The van der Waals surface area contributed by atoms with Gasteiger partial charge < -0.3 is 9.47 Å². The number of carbonyl (C=O) groups is 1. The SMILES string of the molecule is C=C(C)C(=O)Oc1ccc2cc(OCCc3ccccc3)ccc2c1. The molecule has 0 N–H and O–H groups in total. The molecule has 0 fully saturated rings. The lowest BCUT2D eigenvalue weighted by Crippen LogP contribution is -2.07. The van der Waals surface area contributed by atoms with E-state index in [1.807, 2.05) is 48.5 Å². The molecule has 0 amide bonds. The van der Waals surface area contributed by atoms with E-state index in [1.54, 1.807) is 13.0 Å². The minimum atomic E-state index is -0.416. The summed E-state index contributed by atoms with van der Waals surface area (Å²) in [6.07, 6.45) is 0.870. The van der Waals surface area contributed by atoms with Gasteiger partial charge in [-0.2, -0.15) is 0 Å². The molecule has 0 bridgehead atoms. The van der Waals surface area contributed by atoms with Gasteiger partial charge in [0.25, 0.3) is 0 Å².